The molecule has 0 aliphatic rings. The number of rotatable bonds is 5. The lowest BCUT2D eigenvalue weighted by molar-refractivity contribution is 0.161. The van der Waals surface area contributed by atoms with Gasteiger partial charge in [-0.15, -0.1) is 0 Å². The number of benzene rings is 1. The summed E-state index contributed by atoms with van der Waals surface area (Å²) in [7, 11) is 0. The molecule has 0 radical (unpaired) electrons. The highest BCUT2D eigenvalue weighted by Gasteiger charge is 2.08. The average molecular weight is 318 g/mol. The molecular weight excluding hydrogens is 306 g/mol. The number of hydrogen-bond donors (Lipinski definition) is 3. The van der Waals surface area contributed by atoms with Gasteiger partial charge >= 0.3 is 6.09 Å². The highest BCUT2D eigenvalue weighted by Crippen LogP contribution is 2.24. The van der Waals surface area contributed by atoms with E-state index in [1.165, 1.54) is 0 Å². The zero-order valence-electron chi connectivity index (χ0n) is 8.90. The zero-order chi connectivity index (χ0) is 12.8. The predicted octanol–water partition coefficient (Wildman–Crippen LogP) is 1.59. The van der Waals surface area contributed by atoms with E-state index in [1.807, 2.05) is 18.2 Å². The molecule has 0 atom stereocenters. The SMILES string of the molecule is NC(=O)OCCNc1cccc(Br)c1C(N)=S. The summed E-state index contributed by atoms with van der Waals surface area (Å²) in [5, 5.41) is 3.06. The number of carbonyl (C=O) groups excluding carboxylic acids is 1. The van der Waals surface area contributed by atoms with Gasteiger partial charge in [0.1, 0.15) is 11.6 Å². The second kappa shape index (κ2) is 6.41. The number of anilines is 1. The molecule has 1 amide bonds. The summed E-state index contributed by atoms with van der Waals surface area (Å²) in [5.74, 6) is 0. The van der Waals surface area contributed by atoms with E-state index in [-0.39, 0.29) is 11.6 Å². The fraction of sp³-hybridized carbons (Fsp3) is 0.200. The summed E-state index contributed by atoms with van der Waals surface area (Å²) in [6, 6.07) is 5.53. The van der Waals surface area contributed by atoms with Crippen molar-refractivity contribution in [2.24, 2.45) is 11.5 Å². The minimum atomic E-state index is -0.796. The van der Waals surface area contributed by atoms with E-state index >= 15 is 0 Å². The van der Waals surface area contributed by atoms with Crippen molar-refractivity contribution in [3.63, 3.8) is 0 Å². The molecule has 0 saturated heterocycles. The first-order valence-corrected chi connectivity index (χ1v) is 5.97. The average Bonchev–Trinajstić information content (AvgIpc) is 2.23. The van der Waals surface area contributed by atoms with Crippen LogP contribution in [0.5, 0.6) is 0 Å². The van der Waals surface area contributed by atoms with E-state index in [1.54, 1.807) is 0 Å². The molecule has 92 valence electrons. The second-order valence-electron chi connectivity index (χ2n) is 3.12. The maximum atomic E-state index is 10.4. The Labute approximate surface area is 113 Å². The van der Waals surface area contributed by atoms with E-state index in [4.69, 9.17) is 23.7 Å². The second-order valence-corrected chi connectivity index (χ2v) is 4.42. The molecule has 7 heteroatoms. The Morgan fingerprint density at radius 2 is 2.18 bits per heavy atom. The molecule has 1 aromatic carbocycles. The van der Waals surface area contributed by atoms with E-state index < -0.39 is 6.09 Å². The Morgan fingerprint density at radius 3 is 2.76 bits per heavy atom. The van der Waals surface area contributed by atoms with Crippen LogP contribution in [-0.4, -0.2) is 24.2 Å². The Hall–Kier alpha value is -1.34. The highest BCUT2D eigenvalue weighted by atomic mass is 79.9. The first kappa shape index (κ1) is 13.7. The van der Waals surface area contributed by atoms with E-state index in [9.17, 15) is 4.79 Å². The van der Waals surface area contributed by atoms with E-state index in [0.29, 0.717) is 6.54 Å². The Bertz CT molecular complexity index is 440. The number of primary amides is 1. The van der Waals surface area contributed by atoms with E-state index in [2.05, 4.69) is 26.0 Å². The van der Waals surface area contributed by atoms with Crippen molar-refractivity contribution in [3.8, 4) is 0 Å². The molecule has 0 aromatic heterocycles. The first-order valence-electron chi connectivity index (χ1n) is 4.76. The van der Waals surface area contributed by atoms with Crippen LogP contribution in [0.1, 0.15) is 5.56 Å². The number of hydrogen-bond acceptors (Lipinski definition) is 4. The van der Waals surface area contributed by atoms with Crippen LogP contribution in [0.25, 0.3) is 0 Å². The lowest BCUT2D eigenvalue weighted by Crippen LogP contribution is -2.20. The normalized spacial score (nSPS) is 9.71. The van der Waals surface area contributed by atoms with Crippen LogP contribution in [0.2, 0.25) is 0 Å². The third kappa shape index (κ3) is 4.20. The number of halogens is 1. The summed E-state index contributed by atoms with van der Waals surface area (Å²) in [5.41, 5.74) is 12.0. The summed E-state index contributed by atoms with van der Waals surface area (Å²) < 4.78 is 5.41. The number of thiocarbonyl (C=S) groups is 1. The molecule has 0 aliphatic carbocycles. The van der Waals surface area contributed by atoms with Gasteiger partial charge in [-0.3, -0.25) is 0 Å². The van der Waals surface area contributed by atoms with Crippen molar-refractivity contribution in [1.82, 2.24) is 0 Å². The number of ether oxygens (including phenoxy) is 1. The lowest BCUT2D eigenvalue weighted by atomic mass is 10.2. The van der Waals surface area contributed by atoms with Gasteiger partial charge < -0.3 is 21.5 Å². The van der Waals surface area contributed by atoms with Crippen LogP contribution in [0.15, 0.2) is 22.7 Å². The first-order chi connectivity index (χ1) is 8.02. The number of nitrogens with two attached hydrogens (primary N) is 2. The number of carbonyl (C=O) groups is 1. The van der Waals surface area contributed by atoms with E-state index in [0.717, 1.165) is 15.7 Å². The Morgan fingerprint density at radius 1 is 1.47 bits per heavy atom. The standard InChI is InChI=1S/C10H12BrN3O2S/c11-6-2-1-3-7(8(6)9(12)17)14-4-5-16-10(13)15/h1-3,14H,4-5H2,(H2,12,17)(H2,13,15). The van der Waals surface area contributed by atoms with Crippen LogP contribution >= 0.6 is 28.1 Å². The van der Waals surface area contributed by atoms with Crippen LogP contribution in [0.3, 0.4) is 0 Å². The summed E-state index contributed by atoms with van der Waals surface area (Å²) in [4.78, 5) is 10.7. The highest BCUT2D eigenvalue weighted by molar-refractivity contribution is 9.10. The molecule has 0 bridgehead atoms. The van der Waals surface area contributed by atoms with Gasteiger partial charge in [0.15, 0.2) is 0 Å². The Kier molecular flexibility index (Phi) is 5.17. The molecule has 1 rings (SSSR count). The van der Waals surface area contributed by atoms with Crippen molar-refractivity contribution in [3.05, 3.63) is 28.2 Å². The summed E-state index contributed by atoms with van der Waals surface area (Å²) in [6.45, 7) is 0.605. The third-order valence-electron chi connectivity index (χ3n) is 1.92. The third-order valence-corrected chi connectivity index (χ3v) is 2.79. The zero-order valence-corrected chi connectivity index (χ0v) is 11.3. The van der Waals surface area contributed by atoms with Gasteiger partial charge in [0, 0.05) is 22.3 Å². The summed E-state index contributed by atoms with van der Waals surface area (Å²) in [6.07, 6.45) is -0.796. The monoisotopic (exact) mass is 317 g/mol. The van der Waals surface area contributed by atoms with Crippen molar-refractivity contribution in [2.45, 2.75) is 0 Å². The number of amides is 1. The van der Waals surface area contributed by atoms with Crippen LogP contribution in [-0.2, 0) is 4.74 Å². The largest absolute Gasteiger partial charge is 0.448 e. The van der Waals surface area contributed by atoms with Gasteiger partial charge in [0.2, 0.25) is 0 Å². The van der Waals surface area contributed by atoms with Gasteiger partial charge in [-0.1, -0.05) is 18.3 Å². The van der Waals surface area contributed by atoms with Crippen molar-refractivity contribution >= 4 is 44.9 Å². The Balaban J connectivity index is 2.67. The minimum Gasteiger partial charge on any atom is -0.448 e. The molecule has 0 fully saturated rings. The molecule has 0 spiro atoms. The van der Waals surface area contributed by atoms with Gasteiger partial charge in [-0.05, 0) is 28.1 Å². The maximum absolute atomic E-state index is 10.4. The van der Waals surface area contributed by atoms with Crippen molar-refractivity contribution < 1.29 is 9.53 Å². The van der Waals surface area contributed by atoms with Crippen LogP contribution in [0.4, 0.5) is 10.5 Å². The molecule has 1 aromatic rings. The number of nitrogens with one attached hydrogen (secondary N) is 1. The topological polar surface area (TPSA) is 90.4 Å². The van der Waals surface area contributed by atoms with Crippen LogP contribution in [0, 0.1) is 0 Å². The molecule has 0 unspecified atom stereocenters. The fourth-order valence-corrected chi connectivity index (χ4v) is 2.19. The van der Waals surface area contributed by atoms with Gasteiger partial charge in [0.05, 0.1) is 0 Å². The molecule has 17 heavy (non-hydrogen) atoms. The molecular formula is C10H12BrN3O2S. The van der Waals surface area contributed by atoms with Gasteiger partial charge in [-0.25, -0.2) is 4.79 Å². The molecule has 5 nitrogen and oxygen atoms in total. The van der Waals surface area contributed by atoms with Gasteiger partial charge in [-0.2, -0.15) is 0 Å². The van der Waals surface area contributed by atoms with Gasteiger partial charge in [0.25, 0.3) is 0 Å². The maximum Gasteiger partial charge on any atom is 0.404 e. The molecule has 5 N–H and O–H groups in total. The lowest BCUT2D eigenvalue weighted by Gasteiger charge is -2.12. The molecule has 0 heterocycles. The smallest absolute Gasteiger partial charge is 0.404 e. The quantitative estimate of drug-likeness (QED) is 0.566. The summed E-state index contributed by atoms with van der Waals surface area (Å²) >= 11 is 8.33. The molecule has 0 aliphatic heterocycles. The minimum absolute atomic E-state index is 0.179. The van der Waals surface area contributed by atoms with Crippen LogP contribution < -0.4 is 16.8 Å². The van der Waals surface area contributed by atoms with Crippen molar-refractivity contribution in [2.75, 3.05) is 18.5 Å². The fourth-order valence-electron chi connectivity index (χ4n) is 1.26. The predicted molar refractivity (Wildman–Crippen MR) is 74.1 cm³/mol. The van der Waals surface area contributed by atoms with Crippen molar-refractivity contribution in [1.29, 1.82) is 0 Å². The molecule has 0 saturated carbocycles.